The third kappa shape index (κ3) is 2.29. The summed E-state index contributed by atoms with van der Waals surface area (Å²) in [6, 6.07) is 8.54. The predicted molar refractivity (Wildman–Crippen MR) is 68.3 cm³/mol. The first-order chi connectivity index (χ1) is 8.09. The number of nitrogens with two attached hydrogens (primary N) is 1. The van der Waals surface area contributed by atoms with Crippen molar-refractivity contribution in [1.29, 1.82) is 0 Å². The number of aryl methyl sites for hydroxylation is 1. The van der Waals surface area contributed by atoms with Crippen molar-refractivity contribution in [2.24, 2.45) is 0 Å². The molecule has 0 spiro atoms. The number of nitrogen functional groups attached to an aromatic ring is 1. The Bertz CT molecular complexity index is 561. The Balaban J connectivity index is 2.51. The molecule has 2 aromatic rings. The number of nitrogens with zero attached hydrogens (tertiary/aromatic N) is 1. The minimum Gasteiger partial charge on any atom is -0.383 e. The van der Waals surface area contributed by atoms with Gasteiger partial charge in [-0.2, -0.15) is 0 Å². The zero-order valence-electron chi connectivity index (χ0n) is 9.27. The molecule has 1 heterocycles. The highest BCUT2D eigenvalue weighted by molar-refractivity contribution is 6.31. The highest BCUT2D eigenvalue weighted by Gasteiger charge is 2.15. The molecule has 2 N–H and O–H groups in total. The van der Waals surface area contributed by atoms with Gasteiger partial charge >= 0.3 is 0 Å². The highest BCUT2D eigenvalue weighted by Crippen LogP contribution is 2.20. The van der Waals surface area contributed by atoms with Gasteiger partial charge < -0.3 is 5.73 Å². The Morgan fingerprint density at radius 3 is 2.76 bits per heavy atom. The molecule has 17 heavy (non-hydrogen) atoms. The van der Waals surface area contributed by atoms with Gasteiger partial charge in [-0.25, -0.2) is 4.98 Å². The number of carbonyl (C=O) groups is 1. The normalized spacial score (nSPS) is 10.2. The first-order valence-electron chi connectivity index (χ1n) is 5.11. The number of halogens is 1. The number of benzene rings is 1. The van der Waals surface area contributed by atoms with E-state index >= 15 is 0 Å². The summed E-state index contributed by atoms with van der Waals surface area (Å²) in [7, 11) is 0. The lowest BCUT2D eigenvalue weighted by Gasteiger charge is -2.07. The van der Waals surface area contributed by atoms with E-state index in [-0.39, 0.29) is 11.6 Å². The van der Waals surface area contributed by atoms with Gasteiger partial charge in [-0.3, -0.25) is 4.79 Å². The summed E-state index contributed by atoms with van der Waals surface area (Å²) >= 11 is 5.86. The average molecular weight is 247 g/mol. The van der Waals surface area contributed by atoms with E-state index in [1.54, 1.807) is 36.5 Å². The number of rotatable bonds is 2. The number of carbonyl (C=O) groups excluding carboxylic acids is 1. The summed E-state index contributed by atoms with van der Waals surface area (Å²) in [6.45, 7) is 1.83. The van der Waals surface area contributed by atoms with Crippen LogP contribution in [0.1, 0.15) is 21.5 Å². The molecule has 2 rings (SSSR count). The quantitative estimate of drug-likeness (QED) is 0.829. The van der Waals surface area contributed by atoms with E-state index in [0.717, 1.165) is 5.56 Å². The molecule has 0 saturated heterocycles. The molecule has 0 amide bonds. The Labute approximate surface area is 104 Å². The van der Waals surface area contributed by atoms with Crippen LogP contribution in [0.3, 0.4) is 0 Å². The third-order valence-corrected chi connectivity index (χ3v) is 2.74. The number of anilines is 1. The maximum Gasteiger partial charge on any atom is 0.197 e. The van der Waals surface area contributed by atoms with Gasteiger partial charge in [0.2, 0.25) is 0 Å². The predicted octanol–water partition coefficient (Wildman–Crippen LogP) is 2.86. The number of aromatic nitrogens is 1. The van der Waals surface area contributed by atoms with Crippen LogP contribution in [0.25, 0.3) is 0 Å². The lowest BCUT2D eigenvalue weighted by molar-refractivity contribution is 0.103. The molecule has 1 aromatic carbocycles. The number of ketones is 1. The van der Waals surface area contributed by atoms with Crippen molar-refractivity contribution < 1.29 is 4.79 Å². The molecule has 0 saturated carbocycles. The van der Waals surface area contributed by atoms with Crippen molar-refractivity contribution in [3.05, 3.63) is 58.2 Å². The average Bonchev–Trinajstić information content (AvgIpc) is 2.28. The fraction of sp³-hybridized carbons (Fsp3) is 0.0769. The van der Waals surface area contributed by atoms with E-state index in [1.807, 2.05) is 6.92 Å². The van der Waals surface area contributed by atoms with Gasteiger partial charge in [0.25, 0.3) is 0 Å². The summed E-state index contributed by atoms with van der Waals surface area (Å²) < 4.78 is 0. The summed E-state index contributed by atoms with van der Waals surface area (Å²) in [5.41, 5.74) is 7.49. The molecule has 0 aliphatic carbocycles. The summed E-state index contributed by atoms with van der Waals surface area (Å²) in [5, 5.41) is 0.524. The lowest BCUT2D eigenvalue weighted by atomic mass is 10.0. The first kappa shape index (κ1) is 11.6. The van der Waals surface area contributed by atoms with Crippen molar-refractivity contribution in [1.82, 2.24) is 4.98 Å². The number of pyridine rings is 1. The molecule has 0 atom stereocenters. The molecular formula is C13H11ClN2O. The van der Waals surface area contributed by atoms with E-state index in [4.69, 9.17) is 17.3 Å². The van der Waals surface area contributed by atoms with Crippen LogP contribution in [0.15, 0.2) is 36.5 Å². The second-order valence-electron chi connectivity index (χ2n) is 3.73. The van der Waals surface area contributed by atoms with E-state index in [1.165, 1.54) is 0 Å². The molecule has 0 fully saturated rings. The molecule has 0 unspecified atom stereocenters. The minimum atomic E-state index is -0.157. The van der Waals surface area contributed by atoms with Gasteiger partial charge in [0.05, 0.1) is 5.56 Å². The van der Waals surface area contributed by atoms with Gasteiger partial charge in [0.15, 0.2) is 5.78 Å². The second kappa shape index (κ2) is 4.55. The maximum atomic E-state index is 12.3. The molecule has 1 aromatic heterocycles. The van der Waals surface area contributed by atoms with Gasteiger partial charge in [-0.15, -0.1) is 0 Å². The van der Waals surface area contributed by atoms with Crippen molar-refractivity contribution in [2.75, 3.05) is 5.73 Å². The monoisotopic (exact) mass is 246 g/mol. The zero-order valence-corrected chi connectivity index (χ0v) is 10.0. The van der Waals surface area contributed by atoms with Gasteiger partial charge in [-0.1, -0.05) is 23.7 Å². The first-order valence-corrected chi connectivity index (χ1v) is 5.48. The molecular weight excluding hydrogens is 236 g/mol. The Hall–Kier alpha value is -1.87. The van der Waals surface area contributed by atoms with E-state index in [0.29, 0.717) is 16.1 Å². The number of hydrogen-bond acceptors (Lipinski definition) is 3. The van der Waals surface area contributed by atoms with Crippen molar-refractivity contribution in [3.63, 3.8) is 0 Å². The van der Waals surface area contributed by atoms with Gasteiger partial charge in [0, 0.05) is 16.8 Å². The van der Waals surface area contributed by atoms with Crippen LogP contribution in [-0.4, -0.2) is 10.8 Å². The van der Waals surface area contributed by atoms with E-state index in [2.05, 4.69) is 4.98 Å². The van der Waals surface area contributed by atoms with Crippen LogP contribution in [0.2, 0.25) is 5.02 Å². The zero-order chi connectivity index (χ0) is 12.4. The molecule has 0 radical (unpaired) electrons. The standard InChI is InChI=1S/C13H11ClN2O/c1-8-5-6-16-13(15)11(8)12(17)9-3-2-4-10(14)7-9/h2-7H,1H3,(H2,15,16). The minimum absolute atomic E-state index is 0.157. The summed E-state index contributed by atoms with van der Waals surface area (Å²) in [6.07, 6.45) is 1.58. The molecule has 0 bridgehead atoms. The smallest absolute Gasteiger partial charge is 0.197 e. The fourth-order valence-corrected chi connectivity index (χ4v) is 1.84. The second-order valence-corrected chi connectivity index (χ2v) is 4.16. The fourth-order valence-electron chi connectivity index (χ4n) is 1.65. The Kier molecular flexibility index (Phi) is 3.11. The van der Waals surface area contributed by atoms with Crippen molar-refractivity contribution in [3.8, 4) is 0 Å². The van der Waals surface area contributed by atoms with Gasteiger partial charge in [-0.05, 0) is 30.7 Å². The van der Waals surface area contributed by atoms with Crippen LogP contribution in [0.5, 0.6) is 0 Å². The van der Waals surface area contributed by atoms with E-state index in [9.17, 15) is 4.79 Å². The van der Waals surface area contributed by atoms with Crippen molar-refractivity contribution >= 4 is 23.2 Å². The molecule has 3 nitrogen and oxygen atoms in total. The topological polar surface area (TPSA) is 56.0 Å². The molecule has 0 aliphatic heterocycles. The van der Waals surface area contributed by atoms with Crippen LogP contribution in [0.4, 0.5) is 5.82 Å². The van der Waals surface area contributed by atoms with Crippen LogP contribution in [-0.2, 0) is 0 Å². The Morgan fingerprint density at radius 2 is 2.12 bits per heavy atom. The summed E-state index contributed by atoms with van der Waals surface area (Å²) in [4.78, 5) is 16.2. The highest BCUT2D eigenvalue weighted by atomic mass is 35.5. The SMILES string of the molecule is Cc1ccnc(N)c1C(=O)c1cccc(Cl)c1. The molecule has 86 valence electrons. The van der Waals surface area contributed by atoms with Crippen molar-refractivity contribution in [2.45, 2.75) is 6.92 Å². The van der Waals surface area contributed by atoms with Crippen LogP contribution < -0.4 is 5.73 Å². The van der Waals surface area contributed by atoms with Gasteiger partial charge in [0.1, 0.15) is 5.82 Å². The lowest BCUT2D eigenvalue weighted by Crippen LogP contribution is -2.09. The third-order valence-electron chi connectivity index (χ3n) is 2.50. The molecule has 4 heteroatoms. The summed E-state index contributed by atoms with van der Waals surface area (Å²) in [5.74, 6) is 0.0885. The number of hydrogen-bond donors (Lipinski definition) is 1. The maximum absolute atomic E-state index is 12.3. The largest absolute Gasteiger partial charge is 0.383 e. The molecule has 0 aliphatic rings. The van der Waals surface area contributed by atoms with Crippen LogP contribution >= 0.6 is 11.6 Å². The Morgan fingerprint density at radius 1 is 1.35 bits per heavy atom. The van der Waals surface area contributed by atoms with Crippen LogP contribution in [0, 0.1) is 6.92 Å². The van der Waals surface area contributed by atoms with E-state index < -0.39 is 0 Å².